The first kappa shape index (κ1) is 24.2. The minimum Gasteiger partial charge on any atom is -0.384 e. The molecule has 3 N–H and O–H groups in total. The lowest BCUT2D eigenvalue weighted by Gasteiger charge is -2.19. The molecular weight excluding hydrogens is 486 g/mol. The van der Waals surface area contributed by atoms with Gasteiger partial charge in [-0.1, -0.05) is 32.0 Å². The summed E-state index contributed by atoms with van der Waals surface area (Å²) in [4.78, 5) is 21.1. The second kappa shape index (κ2) is 8.99. The number of anilines is 1. The maximum Gasteiger partial charge on any atom is 0.251 e. The molecule has 2 atom stereocenters. The van der Waals surface area contributed by atoms with E-state index in [2.05, 4.69) is 29.1 Å². The van der Waals surface area contributed by atoms with Gasteiger partial charge in [-0.05, 0) is 76.1 Å². The molecule has 8 heteroatoms. The molecule has 4 heterocycles. The summed E-state index contributed by atoms with van der Waals surface area (Å²) in [6.45, 7) is 6.40. The van der Waals surface area contributed by atoms with Crippen molar-refractivity contribution in [1.29, 1.82) is 0 Å². The van der Waals surface area contributed by atoms with Crippen LogP contribution in [0.2, 0.25) is 0 Å². The summed E-state index contributed by atoms with van der Waals surface area (Å²) >= 11 is 0. The van der Waals surface area contributed by atoms with E-state index in [1.165, 1.54) is 6.20 Å². The van der Waals surface area contributed by atoms with Crippen molar-refractivity contribution in [2.45, 2.75) is 45.4 Å². The molecule has 0 unspecified atom stereocenters. The normalized spacial score (nSPS) is 17.0. The molecule has 2 aromatic carbocycles. The Bertz CT molecular complexity index is 1620. The van der Waals surface area contributed by atoms with Crippen LogP contribution in [0, 0.1) is 18.7 Å². The van der Waals surface area contributed by atoms with Crippen LogP contribution in [0.15, 0.2) is 54.7 Å². The van der Waals surface area contributed by atoms with Crippen molar-refractivity contribution < 1.29 is 18.3 Å². The molecule has 0 spiro atoms. The van der Waals surface area contributed by atoms with Gasteiger partial charge in [-0.15, -0.1) is 0 Å². The number of carbonyl (C=O) groups is 1. The number of nitrogen functional groups attached to an aromatic ring is 1. The Kier molecular flexibility index (Phi) is 5.72. The summed E-state index contributed by atoms with van der Waals surface area (Å²) in [6.07, 6.45) is 0.578. The van der Waals surface area contributed by atoms with Gasteiger partial charge in [0, 0.05) is 35.6 Å². The molecule has 2 aliphatic heterocycles. The van der Waals surface area contributed by atoms with Crippen molar-refractivity contribution in [3.63, 3.8) is 0 Å². The highest BCUT2D eigenvalue weighted by Gasteiger charge is 2.43. The number of hydrogen-bond acceptors (Lipinski definition) is 5. The lowest BCUT2D eigenvalue weighted by atomic mass is 9.84. The zero-order valence-corrected chi connectivity index (χ0v) is 21.2. The van der Waals surface area contributed by atoms with Crippen molar-refractivity contribution in [3.05, 3.63) is 111 Å². The zero-order valence-electron chi connectivity index (χ0n) is 21.2. The highest BCUT2D eigenvalue weighted by Crippen LogP contribution is 2.54. The first-order valence-corrected chi connectivity index (χ1v) is 12.5. The van der Waals surface area contributed by atoms with Crippen LogP contribution in [0.5, 0.6) is 0 Å². The standard InChI is InChI=1S/C30H26F2N4O2/c1-14(2)20-10-27(33)36-15(3)23(20)12-35-30(37)17-5-7-19-22(9-17)29-21-8-16(4-6-18(21)28(19)38-29)24-13-34-26(32)11-25(24)31/h4-11,13-14,28-29H,12H2,1-3H3,(H2,33,36)(H,35,37)/t28-,29+/m0/s1. The molecule has 4 aromatic rings. The molecule has 2 aromatic heterocycles. The van der Waals surface area contributed by atoms with E-state index in [9.17, 15) is 13.6 Å². The number of benzene rings is 2. The number of nitrogens with one attached hydrogen (secondary N) is 1. The summed E-state index contributed by atoms with van der Waals surface area (Å²) in [5.74, 6) is -1.03. The fourth-order valence-corrected chi connectivity index (χ4v) is 5.54. The van der Waals surface area contributed by atoms with Gasteiger partial charge in [-0.25, -0.2) is 14.4 Å². The number of pyridine rings is 2. The zero-order chi connectivity index (χ0) is 26.7. The Balaban J connectivity index is 1.26. The quantitative estimate of drug-likeness (QED) is 0.326. The van der Waals surface area contributed by atoms with E-state index in [4.69, 9.17) is 10.5 Å². The van der Waals surface area contributed by atoms with E-state index in [1.807, 2.05) is 43.3 Å². The van der Waals surface area contributed by atoms with Crippen molar-refractivity contribution in [2.75, 3.05) is 5.73 Å². The fraction of sp³-hybridized carbons (Fsp3) is 0.233. The lowest BCUT2D eigenvalue weighted by molar-refractivity contribution is 0.0857. The van der Waals surface area contributed by atoms with E-state index in [0.29, 0.717) is 23.5 Å². The number of hydrogen-bond donors (Lipinski definition) is 2. The first-order valence-electron chi connectivity index (χ1n) is 12.5. The minimum atomic E-state index is -0.863. The highest BCUT2D eigenvalue weighted by atomic mass is 19.1. The van der Waals surface area contributed by atoms with E-state index in [0.717, 1.165) is 45.1 Å². The molecule has 2 aliphatic rings. The number of amides is 1. The van der Waals surface area contributed by atoms with Gasteiger partial charge < -0.3 is 15.8 Å². The van der Waals surface area contributed by atoms with Crippen LogP contribution in [0.25, 0.3) is 11.1 Å². The van der Waals surface area contributed by atoms with Gasteiger partial charge in [-0.2, -0.15) is 4.39 Å². The second-order valence-electron chi connectivity index (χ2n) is 10.1. The SMILES string of the molecule is Cc1nc(N)cc(C(C)C)c1CNC(=O)c1ccc2c(c1)[C@@H]1O[C@H]2c2ccc(-c3cnc(F)cc3F)cc21. The predicted octanol–water partition coefficient (Wildman–Crippen LogP) is 5.89. The minimum absolute atomic E-state index is 0.199. The summed E-state index contributed by atoms with van der Waals surface area (Å²) in [5, 5.41) is 3.03. The molecule has 0 fully saturated rings. The fourth-order valence-electron chi connectivity index (χ4n) is 5.54. The van der Waals surface area contributed by atoms with Gasteiger partial charge in [0.2, 0.25) is 5.95 Å². The van der Waals surface area contributed by atoms with Gasteiger partial charge >= 0.3 is 0 Å². The Morgan fingerprint density at radius 3 is 2.47 bits per heavy atom. The third-order valence-corrected chi connectivity index (χ3v) is 7.40. The number of halogens is 2. The summed E-state index contributed by atoms with van der Waals surface area (Å²) in [5.41, 5.74) is 14.0. The molecule has 0 radical (unpaired) electrons. The lowest BCUT2D eigenvalue weighted by Crippen LogP contribution is -2.25. The van der Waals surface area contributed by atoms with Crippen LogP contribution < -0.4 is 11.1 Å². The average molecular weight is 513 g/mol. The van der Waals surface area contributed by atoms with E-state index in [1.54, 1.807) is 6.07 Å². The Labute approximate surface area is 218 Å². The molecule has 0 aliphatic carbocycles. The Morgan fingerprint density at radius 1 is 1.03 bits per heavy atom. The maximum absolute atomic E-state index is 14.4. The van der Waals surface area contributed by atoms with Crippen molar-refractivity contribution in [3.8, 4) is 11.1 Å². The van der Waals surface area contributed by atoms with Gasteiger partial charge in [-0.3, -0.25) is 4.79 Å². The molecular formula is C30H26F2N4O2. The Hall–Kier alpha value is -4.17. The van der Waals surface area contributed by atoms with Crippen LogP contribution in [0.3, 0.4) is 0 Å². The summed E-state index contributed by atoms with van der Waals surface area (Å²) in [6, 6.07) is 13.8. The van der Waals surface area contributed by atoms with Gasteiger partial charge in [0.05, 0.1) is 0 Å². The van der Waals surface area contributed by atoms with E-state index in [-0.39, 0.29) is 29.6 Å². The first-order chi connectivity index (χ1) is 18.2. The predicted molar refractivity (Wildman–Crippen MR) is 139 cm³/mol. The molecule has 1 amide bonds. The van der Waals surface area contributed by atoms with Gasteiger partial charge in [0.25, 0.3) is 5.91 Å². The molecule has 6 rings (SSSR count). The monoisotopic (exact) mass is 512 g/mol. The topological polar surface area (TPSA) is 90.1 Å². The average Bonchev–Trinajstić information content (AvgIpc) is 3.44. The van der Waals surface area contributed by atoms with Crippen LogP contribution in [-0.4, -0.2) is 15.9 Å². The number of nitrogens with two attached hydrogens (primary N) is 1. The van der Waals surface area contributed by atoms with Crippen LogP contribution in [0.1, 0.15) is 81.4 Å². The second-order valence-corrected chi connectivity index (χ2v) is 10.1. The van der Waals surface area contributed by atoms with Crippen LogP contribution >= 0.6 is 0 Å². The van der Waals surface area contributed by atoms with Crippen molar-refractivity contribution in [2.24, 2.45) is 0 Å². The number of nitrogens with zero attached hydrogens (tertiary/aromatic N) is 2. The number of carbonyl (C=O) groups excluding carboxylic acids is 1. The van der Waals surface area contributed by atoms with Crippen LogP contribution in [0.4, 0.5) is 14.6 Å². The summed E-state index contributed by atoms with van der Waals surface area (Å²) < 4.78 is 34.0. The van der Waals surface area contributed by atoms with E-state index >= 15 is 0 Å². The Morgan fingerprint density at radius 2 is 1.74 bits per heavy atom. The third kappa shape index (κ3) is 3.92. The van der Waals surface area contributed by atoms with Gasteiger partial charge in [0.15, 0.2) is 0 Å². The van der Waals surface area contributed by atoms with Crippen LogP contribution in [-0.2, 0) is 11.3 Å². The molecule has 0 saturated heterocycles. The smallest absolute Gasteiger partial charge is 0.251 e. The number of rotatable bonds is 5. The molecule has 38 heavy (non-hydrogen) atoms. The largest absolute Gasteiger partial charge is 0.384 e. The van der Waals surface area contributed by atoms with Crippen molar-refractivity contribution >= 4 is 11.7 Å². The maximum atomic E-state index is 14.4. The number of ether oxygens (including phenoxy) is 1. The molecule has 2 bridgehead atoms. The van der Waals surface area contributed by atoms with Crippen molar-refractivity contribution in [1.82, 2.24) is 15.3 Å². The van der Waals surface area contributed by atoms with E-state index < -0.39 is 11.8 Å². The summed E-state index contributed by atoms with van der Waals surface area (Å²) in [7, 11) is 0. The third-order valence-electron chi connectivity index (χ3n) is 7.40. The molecule has 192 valence electrons. The number of aromatic nitrogens is 2. The number of aryl methyl sites for hydroxylation is 1. The molecule has 6 nitrogen and oxygen atoms in total. The molecule has 0 saturated carbocycles. The van der Waals surface area contributed by atoms with Gasteiger partial charge in [0.1, 0.15) is 23.8 Å². The highest BCUT2D eigenvalue weighted by molar-refractivity contribution is 5.94. The number of fused-ring (bicyclic) bond motifs is 8.